The summed E-state index contributed by atoms with van der Waals surface area (Å²) in [7, 11) is 0. The number of benzene rings is 1. The van der Waals surface area contributed by atoms with E-state index in [2.05, 4.69) is 16.4 Å². The molecule has 0 radical (unpaired) electrons. The van der Waals surface area contributed by atoms with E-state index in [0.29, 0.717) is 23.9 Å². The predicted molar refractivity (Wildman–Crippen MR) is 75.8 cm³/mol. The van der Waals surface area contributed by atoms with E-state index in [1.165, 1.54) is 0 Å². The Balaban J connectivity index is 1.99. The number of nitriles is 1. The molecule has 0 aliphatic rings. The van der Waals surface area contributed by atoms with Gasteiger partial charge in [0.1, 0.15) is 18.4 Å². The van der Waals surface area contributed by atoms with Crippen molar-refractivity contribution < 1.29 is 4.74 Å². The smallest absolute Gasteiger partial charge is 0.186 e. The first kappa shape index (κ1) is 14.4. The Morgan fingerprint density at radius 1 is 1.35 bits per heavy atom. The van der Waals surface area contributed by atoms with Crippen molar-refractivity contribution >= 4 is 11.6 Å². The van der Waals surface area contributed by atoms with Crippen LogP contribution in [0, 0.1) is 11.3 Å². The summed E-state index contributed by atoms with van der Waals surface area (Å²) in [5.74, 6) is 0.941. The van der Waals surface area contributed by atoms with Crippen LogP contribution in [0.3, 0.4) is 0 Å². The highest BCUT2D eigenvalue weighted by atomic mass is 35.5. The normalized spacial score (nSPS) is 10.6. The molecule has 0 N–H and O–H groups in total. The van der Waals surface area contributed by atoms with Crippen molar-refractivity contribution in [3.8, 4) is 11.8 Å². The number of rotatable bonds is 5. The maximum Gasteiger partial charge on any atom is 0.186 e. The summed E-state index contributed by atoms with van der Waals surface area (Å²) in [5.41, 5.74) is 1.22. The summed E-state index contributed by atoms with van der Waals surface area (Å²) < 4.78 is 7.33. The first-order valence-corrected chi connectivity index (χ1v) is 6.71. The van der Waals surface area contributed by atoms with E-state index in [1.807, 2.05) is 26.0 Å². The van der Waals surface area contributed by atoms with Gasteiger partial charge in [-0.1, -0.05) is 30.7 Å². The standard InChI is InChI=1S/C14H15ClN4O/c1-10(2)14-13(9-16)17-18-19(14)7-8-20-12-5-3-11(15)4-6-12/h3-6,10H,7-8H2,1-2H3. The fourth-order valence-corrected chi connectivity index (χ4v) is 2.04. The van der Waals surface area contributed by atoms with Crippen LogP contribution in [0.1, 0.15) is 31.2 Å². The third-order valence-corrected chi connectivity index (χ3v) is 3.06. The summed E-state index contributed by atoms with van der Waals surface area (Å²) in [6, 6.07) is 9.24. The van der Waals surface area contributed by atoms with Crippen LogP contribution in [0.5, 0.6) is 5.75 Å². The Labute approximate surface area is 122 Å². The summed E-state index contributed by atoms with van der Waals surface area (Å²) in [6.45, 7) is 5.02. The highest BCUT2D eigenvalue weighted by Gasteiger charge is 2.15. The minimum absolute atomic E-state index is 0.190. The van der Waals surface area contributed by atoms with Crippen LogP contribution < -0.4 is 4.74 Å². The quantitative estimate of drug-likeness (QED) is 0.849. The molecule has 0 bridgehead atoms. The molecule has 0 atom stereocenters. The van der Waals surface area contributed by atoms with E-state index in [4.69, 9.17) is 21.6 Å². The van der Waals surface area contributed by atoms with E-state index in [9.17, 15) is 0 Å². The lowest BCUT2D eigenvalue weighted by Crippen LogP contribution is -2.13. The number of aromatic nitrogens is 3. The van der Waals surface area contributed by atoms with Crippen LogP contribution >= 0.6 is 11.6 Å². The van der Waals surface area contributed by atoms with Gasteiger partial charge in [-0.05, 0) is 30.2 Å². The fraction of sp³-hybridized carbons (Fsp3) is 0.357. The zero-order valence-electron chi connectivity index (χ0n) is 11.4. The summed E-state index contributed by atoms with van der Waals surface area (Å²) in [6.07, 6.45) is 0. The molecule has 0 aliphatic heterocycles. The summed E-state index contributed by atoms with van der Waals surface area (Å²) in [4.78, 5) is 0. The van der Waals surface area contributed by atoms with Crippen LogP contribution in [-0.4, -0.2) is 21.6 Å². The Morgan fingerprint density at radius 3 is 2.65 bits per heavy atom. The molecule has 0 saturated heterocycles. The molecule has 1 aromatic heterocycles. The molecule has 0 aliphatic carbocycles. The molecule has 0 fully saturated rings. The van der Waals surface area contributed by atoms with Crippen LogP contribution in [-0.2, 0) is 6.54 Å². The topological polar surface area (TPSA) is 63.7 Å². The van der Waals surface area contributed by atoms with Gasteiger partial charge in [0.2, 0.25) is 0 Å². The molecular weight excluding hydrogens is 276 g/mol. The third kappa shape index (κ3) is 3.28. The van der Waals surface area contributed by atoms with Gasteiger partial charge in [0.25, 0.3) is 0 Å². The lowest BCUT2D eigenvalue weighted by molar-refractivity contribution is 0.286. The van der Waals surface area contributed by atoms with E-state index >= 15 is 0 Å². The van der Waals surface area contributed by atoms with E-state index in [0.717, 1.165) is 11.4 Å². The average Bonchev–Trinajstić information content (AvgIpc) is 2.84. The molecule has 0 spiro atoms. The maximum atomic E-state index is 9.00. The van der Waals surface area contributed by atoms with Gasteiger partial charge in [-0.25, -0.2) is 4.68 Å². The Kier molecular flexibility index (Phi) is 4.59. The zero-order valence-corrected chi connectivity index (χ0v) is 12.1. The number of hydrogen-bond acceptors (Lipinski definition) is 4. The number of halogens is 1. The van der Waals surface area contributed by atoms with Crippen molar-refractivity contribution in [2.45, 2.75) is 26.3 Å². The number of nitrogens with zero attached hydrogens (tertiary/aromatic N) is 4. The highest BCUT2D eigenvalue weighted by Crippen LogP contribution is 2.18. The van der Waals surface area contributed by atoms with Crippen molar-refractivity contribution in [3.63, 3.8) is 0 Å². The number of ether oxygens (including phenoxy) is 1. The molecule has 20 heavy (non-hydrogen) atoms. The second kappa shape index (κ2) is 6.40. The molecule has 0 amide bonds. The van der Waals surface area contributed by atoms with Gasteiger partial charge in [0.05, 0.1) is 12.2 Å². The molecule has 2 aromatic rings. The van der Waals surface area contributed by atoms with Gasteiger partial charge in [-0.15, -0.1) is 5.10 Å². The minimum atomic E-state index is 0.190. The molecule has 0 unspecified atom stereocenters. The molecule has 1 aromatic carbocycles. The SMILES string of the molecule is CC(C)c1c(C#N)nnn1CCOc1ccc(Cl)cc1. The van der Waals surface area contributed by atoms with Crippen molar-refractivity contribution in [3.05, 3.63) is 40.7 Å². The monoisotopic (exact) mass is 290 g/mol. The van der Waals surface area contributed by atoms with Gasteiger partial charge in [0, 0.05) is 5.02 Å². The van der Waals surface area contributed by atoms with Crippen molar-refractivity contribution in [1.29, 1.82) is 5.26 Å². The molecular formula is C14H15ClN4O. The van der Waals surface area contributed by atoms with Gasteiger partial charge in [-0.3, -0.25) is 0 Å². The lowest BCUT2D eigenvalue weighted by Gasteiger charge is -2.10. The minimum Gasteiger partial charge on any atom is -0.492 e. The Bertz CT molecular complexity index is 613. The molecule has 5 nitrogen and oxygen atoms in total. The fourth-order valence-electron chi connectivity index (χ4n) is 1.92. The molecule has 1 heterocycles. The van der Waals surface area contributed by atoms with E-state index < -0.39 is 0 Å². The molecule has 2 rings (SSSR count). The highest BCUT2D eigenvalue weighted by molar-refractivity contribution is 6.30. The first-order chi connectivity index (χ1) is 9.61. The van der Waals surface area contributed by atoms with Crippen LogP contribution in [0.15, 0.2) is 24.3 Å². The van der Waals surface area contributed by atoms with Crippen molar-refractivity contribution in [2.75, 3.05) is 6.61 Å². The molecule has 6 heteroatoms. The summed E-state index contributed by atoms with van der Waals surface area (Å²) in [5, 5.41) is 17.5. The molecule has 104 valence electrons. The van der Waals surface area contributed by atoms with Gasteiger partial charge < -0.3 is 4.74 Å². The largest absolute Gasteiger partial charge is 0.492 e. The van der Waals surface area contributed by atoms with Gasteiger partial charge in [-0.2, -0.15) is 5.26 Å². The van der Waals surface area contributed by atoms with Crippen molar-refractivity contribution in [1.82, 2.24) is 15.0 Å². The van der Waals surface area contributed by atoms with Crippen molar-refractivity contribution in [2.24, 2.45) is 0 Å². The predicted octanol–water partition coefficient (Wildman–Crippen LogP) is 3.01. The Morgan fingerprint density at radius 2 is 2.05 bits per heavy atom. The number of hydrogen-bond donors (Lipinski definition) is 0. The lowest BCUT2D eigenvalue weighted by atomic mass is 10.1. The third-order valence-electron chi connectivity index (χ3n) is 2.81. The first-order valence-electron chi connectivity index (χ1n) is 6.33. The zero-order chi connectivity index (χ0) is 14.5. The van der Waals surface area contributed by atoms with E-state index in [-0.39, 0.29) is 5.92 Å². The average molecular weight is 291 g/mol. The van der Waals surface area contributed by atoms with Gasteiger partial charge >= 0.3 is 0 Å². The maximum absolute atomic E-state index is 9.00. The van der Waals surface area contributed by atoms with Crippen LogP contribution in [0.2, 0.25) is 5.02 Å². The second-order valence-electron chi connectivity index (χ2n) is 4.62. The molecule has 0 saturated carbocycles. The van der Waals surface area contributed by atoms with E-state index in [1.54, 1.807) is 16.8 Å². The Hall–Kier alpha value is -2.06. The van der Waals surface area contributed by atoms with Crippen LogP contribution in [0.4, 0.5) is 0 Å². The van der Waals surface area contributed by atoms with Gasteiger partial charge in [0.15, 0.2) is 5.69 Å². The van der Waals surface area contributed by atoms with Crippen LogP contribution in [0.25, 0.3) is 0 Å². The summed E-state index contributed by atoms with van der Waals surface area (Å²) >= 11 is 5.81. The second-order valence-corrected chi connectivity index (χ2v) is 5.05.